The molecule has 0 atom stereocenters. The zero-order chi connectivity index (χ0) is 7.28. The Balaban J connectivity index is 0. The molecule has 0 saturated carbocycles. The van der Waals surface area contributed by atoms with Gasteiger partial charge in [0.25, 0.3) is 0 Å². The molecule has 0 radical (unpaired) electrons. The summed E-state index contributed by atoms with van der Waals surface area (Å²) < 4.78 is 0. The number of nitrogens with two attached hydrogens (primary N) is 1. The first-order chi connectivity index (χ1) is 4.16. The summed E-state index contributed by atoms with van der Waals surface area (Å²) in [6.45, 7) is 4.89. The second-order valence-electron chi connectivity index (χ2n) is 2.40. The van der Waals surface area contributed by atoms with Crippen LogP contribution in [0.3, 0.4) is 0 Å². The SMILES string of the molecule is CC(C)CNC(=O)CN.Cl. The summed E-state index contributed by atoms with van der Waals surface area (Å²) >= 11 is 0. The van der Waals surface area contributed by atoms with Gasteiger partial charge in [-0.25, -0.2) is 0 Å². The van der Waals surface area contributed by atoms with Crippen molar-refractivity contribution in [2.24, 2.45) is 11.7 Å². The third-order valence-corrected chi connectivity index (χ3v) is 0.893. The normalized spacial score (nSPS) is 8.80. The zero-order valence-corrected chi connectivity index (χ0v) is 7.20. The first-order valence-corrected chi connectivity index (χ1v) is 3.13. The van der Waals surface area contributed by atoms with E-state index in [0.29, 0.717) is 5.92 Å². The van der Waals surface area contributed by atoms with Gasteiger partial charge in [-0.3, -0.25) is 4.79 Å². The van der Waals surface area contributed by atoms with Gasteiger partial charge in [-0.1, -0.05) is 13.8 Å². The standard InChI is InChI=1S/C6H14N2O.ClH/c1-5(2)4-8-6(9)3-7;/h5H,3-4,7H2,1-2H3,(H,8,9);1H. The molecule has 0 aliphatic heterocycles. The molecule has 62 valence electrons. The smallest absolute Gasteiger partial charge is 0.233 e. The van der Waals surface area contributed by atoms with Gasteiger partial charge in [0.05, 0.1) is 6.54 Å². The maximum Gasteiger partial charge on any atom is 0.233 e. The molecule has 0 heterocycles. The van der Waals surface area contributed by atoms with Crippen LogP contribution in [0.1, 0.15) is 13.8 Å². The maximum absolute atomic E-state index is 10.5. The van der Waals surface area contributed by atoms with Crippen LogP contribution in [-0.2, 0) is 4.79 Å². The van der Waals surface area contributed by atoms with Crippen LogP contribution >= 0.6 is 12.4 Å². The number of hydrogen-bond acceptors (Lipinski definition) is 2. The Labute approximate surface area is 67.8 Å². The van der Waals surface area contributed by atoms with Crippen molar-refractivity contribution in [3.63, 3.8) is 0 Å². The van der Waals surface area contributed by atoms with E-state index in [1.807, 2.05) is 13.8 Å². The minimum absolute atomic E-state index is 0. The first kappa shape index (κ1) is 12.4. The lowest BCUT2D eigenvalue weighted by atomic mass is 10.2. The molecule has 1 amide bonds. The molecular weight excluding hydrogens is 152 g/mol. The topological polar surface area (TPSA) is 55.1 Å². The van der Waals surface area contributed by atoms with Gasteiger partial charge in [0.1, 0.15) is 0 Å². The molecule has 0 aliphatic rings. The highest BCUT2D eigenvalue weighted by atomic mass is 35.5. The lowest BCUT2D eigenvalue weighted by molar-refractivity contribution is -0.119. The number of nitrogens with one attached hydrogen (secondary N) is 1. The van der Waals surface area contributed by atoms with Crippen molar-refractivity contribution in [1.82, 2.24) is 5.32 Å². The molecule has 0 spiro atoms. The van der Waals surface area contributed by atoms with Gasteiger partial charge in [-0.05, 0) is 5.92 Å². The summed E-state index contributed by atoms with van der Waals surface area (Å²) in [6.07, 6.45) is 0. The number of hydrogen-bond donors (Lipinski definition) is 2. The minimum atomic E-state index is -0.0799. The summed E-state index contributed by atoms with van der Waals surface area (Å²) in [6, 6.07) is 0. The number of halogens is 1. The Morgan fingerprint density at radius 1 is 1.60 bits per heavy atom. The van der Waals surface area contributed by atoms with Crippen molar-refractivity contribution in [1.29, 1.82) is 0 Å². The van der Waals surface area contributed by atoms with Crippen LogP contribution in [0.15, 0.2) is 0 Å². The molecular formula is C6H15ClN2O. The molecule has 0 aromatic heterocycles. The van der Waals surface area contributed by atoms with E-state index in [9.17, 15) is 4.79 Å². The van der Waals surface area contributed by atoms with Crippen molar-refractivity contribution >= 4 is 18.3 Å². The van der Waals surface area contributed by atoms with Crippen LogP contribution in [0.2, 0.25) is 0 Å². The Morgan fingerprint density at radius 3 is 2.40 bits per heavy atom. The largest absolute Gasteiger partial charge is 0.355 e. The maximum atomic E-state index is 10.5. The van der Waals surface area contributed by atoms with E-state index in [-0.39, 0.29) is 24.9 Å². The lowest BCUT2D eigenvalue weighted by Crippen LogP contribution is -2.32. The monoisotopic (exact) mass is 166 g/mol. The molecule has 4 heteroatoms. The van der Waals surface area contributed by atoms with Crippen molar-refractivity contribution in [2.75, 3.05) is 13.1 Å². The number of carbonyl (C=O) groups excluding carboxylic acids is 1. The van der Waals surface area contributed by atoms with Crippen LogP contribution in [0, 0.1) is 5.92 Å². The van der Waals surface area contributed by atoms with Crippen LogP contribution in [0.5, 0.6) is 0 Å². The number of amides is 1. The van der Waals surface area contributed by atoms with Crippen molar-refractivity contribution in [3.05, 3.63) is 0 Å². The Kier molecular flexibility index (Phi) is 8.48. The molecule has 0 unspecified atom stereocenters. The van der Waals surface area contributed by atoms with Crippen LogP contribution in [0.4, 0.5) is 0 Å². The molecule has 0 bridgehead atoms. The highest BCUT2D eigenvalue weighted by Gasteiger charge is 1.96. The fourth-order valence-electron chi connectivity index (χ4n) is 0.390. The summed E-state index contributed by atoms with van der Waals surface area (Å²) in [5, 5.41) is 2.67. The third kappa shape index (κ3) is 7.72. The van der Waals surface area contributed by atoms with E-state index >= 15 is 0 Å². The fourth-order valence-corrected chi connectivity index (χ4v) is 0.390. The molecule has 0 saturated heterocycles. The van der Waals surface area contributed by atoms with E-state index in [1.54, 1.807) is 0 Å². The van der Waals surface area contributed by atoms with Gasteiger partial charge < -0.3 is 11.1 Å². The first-order valence-electron chi connectivity index (χ1n) is 3.13. The highest BCUT2D eigenvalue weighted by molar-refractivity contribution is 5.85. The van der Waals surface area contributed by atoms with E-state index < -0.39 is 0 Å². The minimum Gasteiger partial charge on any atom is -0.355 e. The average molecular weight is 167 g/mol. The molecule has 10 heavy (non-hydrogen) atoms. The predicted octanol–water partition coefficient (Wildman–Crippen LogP) is 0.139. The van der Waals surface area contributed by atoms with Crippen molar-refractivity contribution < 1.29 is 4.79 Å². The second kappa shape index (κ2) is 6.83. The van der Waals surface area contributed by atoms with Crippen LogP contribution in [-0.4, -0.2) is 19.0 Å². The van der Waals surface area contributed by atoms with Crippen molar-refractivity contribution in [3.8, 4) is 0 Å². The summed E-state index contributed by atoms with van der Waals surface area (Å²) in [4.78, 5) is 10.5. The molecule has 3 N–H and O–H groups in total. The van der Waals surface area contributed by atoms with E-state index in [4.69, 9.17) is 5.73 Å². The van der Waals surface area contributed by atoms with E-state index in [0.717, 1.165) is 6.54 Å². The molecule has 0 fully saturated rings. The van der Waals surface area contributed by atoms with Gasteiger partial charge in [-0.15, -0.1) is 12.4 Å². The van der Waals surface area contributed by atoms with Gasteiger partial charge in [-0.2, -0.15) is 0 Å². The van der Waals surface area contributed by atoms with Gasteiger partial charge >= 0.3 is 0 Å². The lowest BCUT2D eigenvalue weighted by Gasteiger charge is -2.04. The summed E-state index contributed by atoms with van der Waals surface area (Å²) in [5.74, 6) is 0.421. The third-order valence-electron chi connectivity index (χ3n) is 0.893. The van der Waals surface area contributed by atoms with E-state index in [2.05, 4.69) is 5.32 Å². The van der Waals surface area contributed by atoms with Gasteiger partial charge in [0, 0.05) is 6.54 Å². The zero-order valence-electron chi connectivity index (χ0n) is 6.39. The van der Waals surface area contributed by atoms with Crippen LogP contribution < -0.4 is 11.1 Å². The number of carbonyl (C=O) groups is 1. The second-order valence-corrected chi connectivity index (χ2v) is 2.40. The Bertz CT molecular complexity index is 95.7. The molecule has 0 aromatic rings. The number of rotatable bonds is 3. The van der Waals surface area contributed by atoms with E-state index in [1.165, 1.54) is 0 Å². The Morgan fingerprint density at radius 2 is 2.10 bits per heavy atom. The molecule has 0 aromatic carbocycles. The molecule has 0 rings (SSSR count). The van der Waals surface area contributed by atoms with Crippen LogP contribution in [0.25, 0.3) is 0 Å². The van der Waals surface area contributed by atoms with Gasteiger partial charge in [0.2, 0.25) is 5.91 Å². The summed E-state index contributed by atoms with van der Waals surface area (Å²) in [7, 11) is 0. The molecule has 0 aliphatic carbocycles. The molecule has 3 nitrogen and oxygen atoms in total. The van der Waals surface area contributed by atoms with Crippen molar-refractivity contribution in [2.45, 2.75) is 13.8 Å². The van der Waals surface area contributed by atoms with Gasteiger partial charge in [0.15, 0.2) is 0 Å². The highest BCUT2D eigenvalue weighted by Crippen LogP contribution is 1.85. The average Bonchev–Trinajstić information content (AvgIpc) is 1.83. The quantitative estimate of drug-likeness (QED) is 0.627. The predicted molar refractivity (Wildman–Crippen MR) is 44.2 cm³/mol. The summed E-state index contributed by atoms with van der Waals surface area (Å²) in [5.41, 5.74) is 5.05. The Hall–Kier alpha value is -0.280. The fraction of sp³-hybridized carbons (Fsp3) is 0.833.